The fourth-order valence-electron chi connectivity index (χ4n) is 2.67. The third-order valence-electron chi connectivity index (χ3n) is 4.71. The van der Waals surface area contributed by atoms with Crippen LogP contribution in [0.5, 0.6) is 0 Å². The average molecular weight is 363 g/mol. The summed E-state index contributed by atoms with van der Waals surface area (Å²) in [6, 6.07) is 15.4. The van der Waals surface area contributed by atoms with Gasteiger partial charge in [-0.2, -0.15) is 5.26 Å². The highest BCUT2D eigenvalue weighted by molar-refractivity contribution is 5.93. The van der Waals surface area contributed by atoms with Crippen molar-refractivity contribution in [2.45, 2.75) is 39.7 Å². The lowest BCUT2D eigenvalue weighted by Crippen LogP contribution is -2.28. The van der Waals surface area contributed by atoms with E-state index in [1.54, 1.807) is 0 Å². The van der Waals surface area contributed by atoms with Gasteiger partial charge in [-0.15, -0.1) is 0 Å². The van der Waals surface area contributed by atoms with Gasteiger partial charge in [-0.05, 0) is 41.7 Å². The SMILES string of the molecule is CCC(C)C(=O)Nc1cc(-c2ccc(CC(C#N)NC=O)cc2)ccc1C. The van der Waals surface area contributed by atoms with Crippen molar-refractivity contribution in [1.29, 1.82) is 5.26 Å². The van der Waals surface area contributed by atoms with E-state index >= 15 is 0 Å². The van der Waals surface area contributed by atoms with E-state index in [1.165, 1.54) is 0 Å². The number of nitrogens with one attached hydrogen (secondary N) is 2. The van der Waals surface area contributed by atoms with Gasteiger partial charge in [-0.3, -0.25) is 9.59 Å². The predicted octanol–water partition coefficient (Wildman–Crippen LogP) is 3.83. The molecule has 27 heavy (non-hydrogen) atoms. The second kappa shape index (κ2) is 9.54. The highest BCUT2D eigenvalue weighted by Gasteiger charge is 2.12. The molecule has 140 valence electrons. The van der Waals surface area contributed by atoms with E-state index in [2.05, 4.69) is 16.7 Å². The first-order valence-corrected chi connectivity index (χ1v) is 9.08. The van der Waals surface area contributed by atoms with Gasteiger partial charge in [0.25, 0.3) is 0 Å². The van der Waals surface area contributed by atoms with Crippen LogP contribution in [0.25, 0.3) is 11.1 Å². The lowest BCUT2D eigenvalue weighted by Gasteiger charge is -2.14. The summed E-state index contributed by atoms with van der Waals surface area (Å²) in [4.78, 5) is 22.7. The van der Waals surface area contributed by atoms with E-state index in [0.29, 0.717) is 12.8 Å². The van der Waals surface area contributed by atoms with Gasteiger partial charge >= 0.3 is 0 Å². The fraction of sp³-hybridized carbons (Fsp3) is 0.318. The van der Waals surface area contributed by atoms with Gasteiger partial charge < -0.3 is 10.6 Å². The molecule has 0 aliphatic carbocycles. The second-order valence-corrected chi connectivity index (χ2v) is 6.70. The Hall–Kier alpha value is -3.13. The molecule has 0 fully saturated rings. The summed E-state index contributed by atoms with van der Waals surface area (Å²) >= 11 is 0. The Morgan fingerprint density at radius 3 is 2.44 bits per heavy atom. The first-order valence-electron chi connectivity index (χ1n) is 9.08. The molecule has 2 unspecified atom stereocenters. The number of nitriles is 1. The van der Waals surface area contributed by atoms with Crippen molar-refractivity contribution in [3.05, 3.63) is 53.6 Å². The summed E-state index contributed by atoms with van der Waals surface area (Å²) in [7, 11) is 0. The second-order valence-electron chi connectivity index (χ2n) is 6.70. The summed E-state index contributed by atoms with van der Waals surface area (Å²) in [5.41, 5.74) is 4.84. The average Bonchev–Trinajstić information content (AvgIpc) is 2.69. The molecule has 2 aromatic rings. The molecule has 2 aromatic carbocycles. The van der Waals surface area contributed by atoms with Crippen LogP contribution in [0.4, 0.5) is 5.69 Å². The Labute approximate surface area is 160 Å². The molecule has 0 aliphatic heterocycles. The van der Waals surface area contributed by atoms with Crippen LogP contribution in [-0.4, -0.2) is 18.4 Å². The molecule has 0 spiro atoms. The van der Waals surface area contributed by atoms with Crippen molar-refractivity contribution in [3.8, 4) is 17.2 Å². The zero-order chi connectivity index (χ0) is 19.8. The third kappa shape index (κ3) is 5.42. The van der Waals surface area contributed by atoms with Crippen LogP contribution in [0.2, 0.25) is 0 Å². The fourth-order valence-corrected chi connectivity index (χ4v) is 2.67. The molecule has 5 nitrogen and oxygen atoms in total. The minimum absolute atomic E-state index is 0.0262. The minimum atomic E-state index is -0.532. The van der Waals surface area contributed by atoms with Crippen molar-refractivity contribution >= 4 is 18.0 Å². The van der Waals surface area contributed by atoms with Crippen LogP contribution in [0.15, 0.2) is 42.5 Å². The van der Waals surface area contributed by atoms with Gasteiger partial charge in [0, 0.05) is 18.0 Å². The van der Waals surface area contributed by atoms with Gasteiger partial charge in [-0.1, -0.05) is 50.2 Å². The molecule has 0 saturated heterocycles. The van der Waals surface area contributed by atoms with Gasteiger partial charge in [0.2, 0.25) is 12.3 Å². The Bertz CT molecular complexity index is 838. The number of benzene rings is 2. The number of carbonyl (C=O) groups is 2. The standard InChI is InChI=1S/C22H25N3O2/c1-4-15(2)22(27)25-21-12-19(8-5-16(21)3)18-9-6-17(7-10-18)11-20(13-23)24-14-26/h5-10,12,14-15,20H,4,11H2,1-3H3,(H,24,26)(H,25,27). The van der Waals surface area contributed by atoms with Gasteiger partial charge in [0.1, 0.15) is 6.04 Å². The molecule has 2 N–H and O–H groups in total. The van der Waals surface area contributed by atoms with Gasteiger partial charge in [0.05, 0.1) is 6.07 Å². The quantitative estimate of drug-likeness (QED) is 0.699. The summed E-state index contributed by atoms with van der Waals surface area (Å²) in [6.45, 7) is 5.89. The Balaban J connectivity index is 2.18. The third-order valence-corrected chi connectivity index (χ3v) is 4.71. The summed E-state index contributed by atoms with van der Waals surface area (Å²) < 4.78 is 0. The maximum Gasteiger partial charge on any atom is 0.227 e. The molecule has 5 heteroatoms. The predicted molar refractivity (Wildman–Crippen MR) is 107 cm³/mol. The van der Waals surface area contributed by atoms with Crippen molar-refractivity contribution in [2.75, 3.05) is 5.32 Å². The first kappa shape index (κ1) is 20.2. The lowest BCUT2D eigenvalue weighted by molar-refractivity contribution is -0.119. The Kier molecular flexibility index (Phi) is 7.13. The van der Waals surface area contributed by atoms with Gasteiger partial charge in [-0.25, -0.2) is 0 Å². The molecular weight excluding hydrogens is 338 g/mol. The van der Waals surface area contributed by atoms with Crippen molar-refractivity contribution < 1.29 is 9.59 Å². The number of aryl methyl sites for hydroxylation is 1. The van der Waals surface area contributed by atoms with Crippen LogP contribution in [0, 0.1) is 24.2 Å². The maximum absolute atomic E-state index is 12.2. The molecule has 0 heterocycles. The molecule has 0 aliphatic rings. The minimum Gasteiger partial charge on any atom is -0.343 e. The number of rotatable bonds is 8. The van der Waals surface area contributed by atoms with E-state index in [-0.39, 0.29) is 11.8 Å². The smallest absolute Gasteiger partial charge is 0.227 e. The van der Waals surface area contributed by atoms with E-state index in [0.717, 1.165) is 34.4 Å². The largest absolute Gasteiger partial charge is 0.343 e. The number of amides is 2. The molecule has 2 rings (SSSR count). The van der Waals surface area contributed by atoms with E-state index in [1.807, 2.05) is 63.2 Å². The Morgan fingerprint density at radius 2 is 1.85 bits per heavy atom. The number of hydrogen-bond donors (Lipinski definition) is 2. The Morgan fingerprint density at radius 1 is 1.19 bits per heavy atom. The van der Waals surface area contributed by atoms with Crippen LogP contribution < -0.4 is 10.6 Å². The molecule has 0 saturated carbocycles. The van der Waals surface area contributed by atoms with Crippen molar-refractivity contribution in [3.63, 3.8) is 0 Å². The zero-order valence-corrected chi connectivity index (χ0v) is 16.0. The van der Waals surface area contributed by atoms with Crippen molar-refractivity contribution in [2.24, 2.45) is 5.92 Å². The monoisotopic (exact) mass is 363 g/mol. The van der Waals surface area contributed by atoms with Gasteiger partial charge in [0.15, 0.2) is 0 Å². The van der Waals surface area contributed by atoms with E-state index in [4.69, 9.17) is 5.26 Å². The lowest BCUT2D eigenvalue weighted by atomic mass is 9.99. The number of hydrogen-bond acceptors (Lipinski definition) is 3. The number of nitrogens with zero attached hydrogens (tertiary/aromatic N) is 1. The first-order chi connectivity index (χ1) is 13.0. The normalized spacial score (nSPS) is 12.5. The summed E-state index contributed by atoms with van der Waals surface area (Å²) in [5.74, 6) is -0.00119. The van der Waals surface area contributed by atoms with Crippen molar-refractivity contribution in [1.82, 2.24) is 5.32 Å². The molecular formula is C22H25N3O2. The maximum atomic E-state index is 12.2. The molecule has 2 amide bonds. The number of anilines is 1. The van der Waals surface area contributed by atoms with Crippen LogP contribution in [0.3, 0.4) is 0 Å². The van der Waals surface area contributed by atoms with E-state index < -0.39 is 6.04 Å². The summed E-state index contributed by atoms with van der Waals surface area (Å²) in [6.07, 6.45) is 1.80. The number of carbonyl (C=O) groups excluding carboxylic acids is 2. The topological polar surface area (TPSA) is 82.0 Å². The van der Waals surface area contributed by atoms with E-state index in [9.17, 15) is 9.59 Å². The molecule has 0 radical (unpaired) electrons. The molecule has 2 atom stereocenters. The highest BCUT2D eigenvalue weighted by atomic mass is 16.1. The molecule has 0 bridgehead atoms. The highest BCUT2D eigenvalue weighted by Crippen LogP contribution is 2.26. The van der Waals surface area contributed by atoms with Crippen LogP contribution in [-0.2, 0) is 16.0 Å². The summed E-state index contributed by atoms with van der Waals surface area (Å²) in [5, 5.41) is 14.5. The molecule has 0 aromatic heterocycles. The van der Waals surface area contributed by atoms with Crippen LogP contribution in [0.1, 0.15) is 31.4 Å². The van der Waals surface area contributed by atoms with Crippen LogP contribution >= 0.6 is 0 Å². The zero-order valence-electron chi connectivity index (χ0n) is 16.0.